The summed E-state index contributed by atoms with van der Waals surface area (Å²) in [6, 6.07) is 1.90. The Labute approximate surface area is 148 Å². The van der Waals surface area contributed by atoms with Crippen LogP contribution in [-0.2, 0) is 23.8 Å². The second-order valence-corrected chi connectivity index (χ2v) is 5.40. The van der Waals surface area contributed by atoms with Gasteiger partial charge in [0.2, 0.25) is 0 Å². The minimum atomic E-state index is -0.943. The van der Waals surface area contributed by atoms with Crippen LogP contribution >= 0.6 is 0 Å². The van der Waals surface area contributed by atoms with Gasteiger partial charge < -0.3 is 24.3 Å². The van der Waals surface area contributed by atoms with Gasteiger partial charge in [0, 0.05) is 30.7 Å². The lowest BCUT2D eigenvalue weighted by Crippen LogP contribution is -2.26. The standard InChI is InChI=1S/C17H19F2NO6/c1-23-15(21)9-14(17(22)24-2)20-10-7-12(18)16(13(19)8-10)26-11-3-5-25-6-4-11/h7-9,11,20H,3-6H2,1-2H3/b14-9+. The molecule has 0 saturated carbocycles. The Hall–Kier alpha value is -2.68. The highest BCUT2D eigenvalue weighted by Crippen LogP contribution is 2.29. The Bertz CT molecular complexity index is 677. The molecule has 0 bridgehead atoms. The molecule has 142 valence electrons. The van der Waals surface area contributed by atoms with E-state index in [4.69, 9.17) is 9.47 Å². The maximum Gasteiger partial charge on any atom is 0.354 e. The first-order valence-corrected chi connectivity index (χ1v) is 7.83. The maximum absolute atomic E-state index is 14.3. The summed E-state index contributed by atoms with van der Waals surface area (Å²) in [7, 11) is 2.22. The second-order valence-electron chi connectivity index (χ2n) is 5.40. The zero-order valence-electron chi connectivity index (χ0n) is 14.3. The van der Waals surface area contributed by atoms with Crippen molar-refractivity contribution < 1.29 is 37.3 Å². The van der Waals surface area contributed by atoms with E-state index in [1.54, 1.807) is 0 Å². The fourth-order valence-electron chi connectivity index (χ4n) is 2.29. The molecule has 1 saturated heterocycles. The molecule has 0 unspecified atom stereocenters. The number of halogens is 2. The molecule has 0 amide bonds. The molecule has 7 nitrogen and oxygen atoms in total. The summed E-state index contributed by atoms with van der Waals surface area (Å²) in [5, 5.41) is 2.44. The van der Waals surface area contributed by atoms with Crippen molar-refractivity contribution in [1.29, 1.82) is 0 Å². The second kappa shape index (κ2) is 9.14. The van der Waals surface area contributed by atoms with Crippen LogP contribution in [-0.4, -0.2) is 45.5 Å². The molecule has 0 aromatic heterocycles. The quantitative estimate of drug-likeness (QED) is 0.606. The van der Waals surface area contributed by atoms with Gasteiger partial charge in [0.15, 0.2) is 17.4 Å². The van der Waals surface area contributed by atoms with E-state index in [0.29, 0.717) is 26.1 Å². The third kappa shape index (κ3) is 5.16. The summed E-state index contributed by atoms with van der Waals surface area (Å²) in [4.78, 5) is 23.0. The molecule has 0 atom stereocenters. The van der Waals surface area contributed by atoms with Gasteiger partial charge in [-0.05, 0) is 0 Å². The van der Waals surface area contributed by atoms with Crippen molar-refractivity contribution in [3.05, 3.63) is 35.5 Å². The molecule has 1 aromatic carbocycles. The van der Waals surface area contributed by atoms with Crippen LogP contribution < -0.4 is 10.1 Å². The molecule has 1 N–H and O–H groups in total. The Morgan fingerprint density at radius 1 is 1.15 bits per heavy atom. The Morgan fingerprint density at radius 3 is 2.31 bits per heavy atom. The van der Waals surface area contributed by atoms with Crippen LogP contribution in [0.5, 0.6) is 5.75 Å². The van der Waals surface area contributed by atoms with Crippen molar-refractivity contribution in [3.8, 4) is 5.75 Å². The van der Waals surface area contributed by atoms with Gasteiger partial charge in [0.25, 0.3) is 0 Å². The van der Waals surface area contributed by atoms with Crippen molar-refractivity contribution in [1.82, 2.24) is 0 Å². The van der Waals surface area contributed by atoms with Gasteiger partial charge >= 0.3 is 11.9 Å². The number of esters is 2. The van der Waals surface area contributed by atoms with Crippen molar-refractivity contribution in [2.75, 3.05) is 32.8 Å². The van der Waals surface area contributed by atoms with Gasteiger partial charge in [0.1, 0.15) is 11.8 Å². The van der Waals surface area contributed by atoms with Gasteiger partial charge in [-0.3, -0.25) is 0 Å². The van der Waals surface area contributed by atoms with Crippen LogP contribution in [0, 0.1) is 11.6 Å². The lowest BCUT2D eigenvalue weighted by atomic mass is 10.1. The predicted molar refractivity (Wildman–Crippen MR) is 86.6 cm³/mol. The van der Waals surface area contributed by atoms with E-state index >= 15 is 0 Å². The summed E-state index contributed by atoms with van der Waals surface area (Å²) in [5.41, 5.74) is -0.434. The van der Waals surface area contributed by atoms with Gasteiger partial charge in [-0.2, -0.15) is 0 Å². The highest BCUT2D eigenvalue weighted by Gasteiger charge is 2.21. The number of rotatable bonds is 6. The summed E-state index contributed by atoms with van der Waals surface area (Å²) in [5.74, 6) is -4.13. The molecule has 9 heteroatoms. The van der Waals surface area contributed by atoms with Crippen molar-refractivity contribution in [2.24, 2.45) is 0 Å². The molecule has 2 rings (SSSR count). The zero-order chi connectivity index (χ0) is 19.1. The molecule has 0 spiro atoms. The Morgan fingerprint density at radius 2 is 1.77 bits per heavy atom. The number of carbonyl (C=O) groups excluding carboxylic acids is 2. The van der Waals surface area contributed by atoms with E-state index in [1.165, 1.54) is 0 Å². The number of methoxy groups -OCH3 is 2. The van der Waals surface area contributed by atoms with Crippen LogP contribution in [0.4, 0.5) is 14.5 Å². The highest BCUT2D eigenvalue weighted by atomic mass is 19.1. The lowest BCUT2D eigenvalue weighted by Gasteiger charge is -2.24. The number of nitrogens with one attached hydrogen (secondary N) is 1. The van der Waals surface area contributed by atoms with E-state index in [9.17, 15) is 18.4 Å². The average molecular weight is 371 g/mol. The largest absolute Gasteiger partial charge is 0.484 e. The highest BCUT2D eigenvalue weighted by molar-refractivity contribution is 5.98. The van der Waals surface area contributed by atoms with Crippen LogP contribution in [0.25, 0.3) is 0 Å². The third-order valence-electron chi connectivity index (χ3n) is 3.60. The average Bonchev–Trinajstić information content (AvgIpc) is 2.64. The number of hydrogen-bond acceptors (Lipinski definition) is 7. The van der Waals surface area contributed by atoms with E-state index in [-0.39, 0.29) is 17.5 Å². The summed E-state index contributed by atoms with van der Waals surface area (Å²) in [6.45, 7) is 0.933. The van der Waals surface area contributed by atoms with Gasteiger partial charge in [0.05, 0.1) is 33.5 Å². The number of ether oxygens (including phenoxy) is 4. The maximum atomic E-state index is 14.3. The summed E-state index contributed by atoms with van der Waals surface area (Å²) >= 11 is 0. The van der Waals surface area contributed by atoms with E-state index < -0.39 is 29.3 Å². The molecule has 26 heavy (non-hydrogen) atoms. The Balaban J connectivity index is 2.20. The first-order valence-electron chi connectivity index (χ1n) is 7.83. The summed E-state index contributed by atoms with van der Waals surface area (Å²) < 4.78 is 48.0. The minimum absolute atomic E-state index is 0.0973. The van der Waals surface area contributed by atoms with Crippen LogP contribution in [0.3, 0.4) is 0 Å². The SMILES string of the molecule is COC(=O)/C=C(/Nc1cc(F)c(OC2CCOCC2)c(F)c1)C(=O)OC. The van der Waals surface area contributed by atoms with Crippen LogP contribution in [0.1, 0.15) is 12.8 Å². The lowest BCUT2D eigenvalue weighted by molar-refractivity contribution is -0.138. The molecule has 1 fully saturated rings. The van der Waals surface area contributed by atoms with Crippen molar-refractivity contribution in [2.45, 2.75) is 18.9 Å². The molecule has 1 aromatic rings. The first kappa shape index (κ1) is 19.6. The third-order valence-corrected chi connectivity index (χ3v) is 3.60. The van der Waals surface area contributed by atoms with Crippen molar-refractivity contribution in [3.63, 3.8) is 0 Å². The zero-order valence-corrected chi connectivity index (χ0v) is 14.3. The summed E-state index contributed by atoms with van der Waals surface area (Å²) in [6.07, 6.45) is 1.55. The normalized spacial score (nSPS) is 15.3. The molecular weight excluding hydrogens is 352 g/mol. The van der Waals surface area contributed by atoms with E-state index in [1.807, 2.05) is 0 Å². The molecule has 1 heterocycles. The number of hydrogen-bond donors (Lipinski definition) is 1. The molecule has 1 aliphatic heterocycles. The molecule has 0 aliphatic carbocycles. The van der Waals surface area contributed by atoms with Crippen LogP contribution in [0.15, 0.2) is 23.9 Å². The Kier molecular flexibility index (Phi) is 6.90. The van der Waals surface area contributed by atoms with E-state index in [0.717, 1.165) is 32.4 Å². The van der Waals surface area contributed by atoms with Crippen LogP contribution in [0.2, 0.25) is 0 Å². The fourth-order valence-corrected chi connectivity index (χ4v) is 2.29. The topological polar surface area (TPSA) is 83.1 Å². The van der Waals surface area contributed by atoms with Crippen molar-refractivity contribution >= 4 is 17.6 Å². The monoisotopic (exact) mass is 371 g/mol. The number of anilines is 1. The fraction of sp³-hybridized carbons (Fsp3) is 0.412. The number of benzene rings is 1. The van der Waals surface area contributed by atoms with Gasteiger partial charge in [-0.1, -0.05) is 0 Å². The first-order chi connectivity index (χ1) is 12.4. The predicted octanol–water partition coefficient (Wildman–Crippen LogP) is 2.16. The van der Waals surface area contributed by atoms with Gasteiger partial charge in [-0.25, -0.2) is 18.4 Å². The van der Waals surface area contributed by atoms with E-state index in [2.05, 4.69) is 14.8 Å². The minimum Gasteiger partial charge on any atom is -0.484 e. The smallest absolute Gasteiger partial charge is 0.354 e. The molecule has 0 radical (unpaired) electrons. The number of carbonyl (C=O) groups is 2. The molecular formula is C17H19F2NO6. The molecule has 1 aliphatic rings. The van der Waals surface area contributed by atoms with Gasteiger partial charge in [-0.15, -0.1) is 0 Å².